The molecular formula is C19H30N4O6. The minimum absolute atomic E-state index is 0.0382. The van der Waals surface area contributed by atoms with E-state index in [0.29, 0.717) is 13.0 Å². The summed E-state index contributed by atoms with van der Waals surface area (Å²) in [5.41, 5.74) is 4.49. The Kier molecular flexibility index (Phi) is 8.68. The van der Waals surface area contributed by atoms with Crippen molar-refractivity contribution in [2.24, 2.45) is 5.73 Å². The van der Waals surface area contributed by atoms with Gasteiger partial charge in [0.15, 0.2) is 11.4 Å². The quantitative estimate of drug-likeness (QED) is 0.396. The van der Waals surface area contributed by atoms with Gasteiger partial charge in [-0.2, -0.15) is 0 Å². The number of nitro groups is 1. The Hall–Kier alpha value is -3.04. The van der Waals surface area contributed by atoms with E-state index in [9.17, 15) is 19.7 Å². The number of hydrogen-bond donors (Lipinski definition) is 3. The fourth-order valence-corrected chi connectivity index (χ4v) is 2.37. The Morgan fingerprint density at radius 1 is 1.28 bits per heavy atom. The smallest absolute Gasteiger partial charge is 0.407 e. The Morgan fingerprint density at radius 2 is 1.93 bits per heavy atom. The number of benzene rings is 1. The van der Waals surface area contributed by atoms with Crippen LogP contribution >= 0.6 is 0 Å². The van der Waals surface area contributed by atoms with Crippen molar-refractivity contribution in [3.63, 3.8) is 0 Å². The zero-order valence-electron chi connectivity index (χ0n) is 17.5. The van der Waals surface area contributed by atoms with E-state index in [1.165, 1.54) is 6.07 Å². The number of nitrogens with zero attached hydrogens (tertiary/aromatic N) is 1. The Labute approximate surface area is 170 Å². The topological polar surface area (TPSA) is 146 Å². The number of nitrogens with one attached hydrogen (secondary N) is 2. The number of rotatable bonds is 10. The molecule has 10 nitrogen and oxygen atoms in total. The fraction of sp³-hybridized carbons (Fsp3) is 0.579. The average Bonchev–Trinajstić information content (AvgIpc) is 2.61. The van der Waals surface area contributed by atoms with E-state index in [-0.39, 0.29) is 29.2 Å². The second-order valence-corrected chi connectivity index (χ2v) is 7.45. The molecule has 0 saturated carbocycles. The fourth-order valence-electron chi connectivity index (χ4n) is 2.37. The molecule has 162 valence electrons. The zero-order valence-corrected chi connectivity index (χ0v) is 17.5. The summed E-state index contributed by atoms with van der Waals surface area (Å²) in [6.07, 6.45) is 0.122. The van der Waals surface area contributed by atoms with E-state index < -0.39 is 28.6 Å². The molecule has 1 rings (SSSR count). The molecule has 0 aliphatic carbocycles. The van der Waals surface area contributed by atoms with Gasteiger partial charge >= 0.3 is 6.09 Å². The van der Waals surface area contributed by atoms with E-state index in [2.05, 4.69) is 10.6 Å². The number of amides is 2. The summed E-state index contributed by atoms with van der Waals surface area (Å²) < 4.78 is 11.1. The van der Waals surface area contributed by atoms with Gasteiger partial charge in [0.2, 0.25) is 5.91 Å². The van der Waals surface area contributed by atoms with Crippen LogP contribution in [0.5, 0.6) is 5.75 Å². The van der Waals surface area contributed by atoms with Crippen LogP contribution in [-0.4, -0.2) is 41.7 Å². The molecule has 0 bridgehead atoms. The van der Waals surface area contributed by atoms with E-state index >= 15 is 0 Å². The van der Waals surface area contributed by atoms with Crippen LogP contribution in [0.25, 0.3) is 0 Å². The summed E-state index contributed by atoms with van der Waals surface area (Å²) >= 11 is 0. The number of nitro benzene ring substituents is 1. The lowest BCUT2D eigenvalue weighted by Crippen LogP contribution is -2.38. The molecule has 0 aliphatic rings. The number of alkyl carbamates (subject to hydrolysis) is 1. The van der Waals surface area contributed by atoms with Crippen LogP contribution in [-0.2, 0) is 4.74 Å². The summed E-state index contributed by atoms with van der Waals surface area (Å²) in [6, 6.07) is 2.48. The average molecular weight is 410 g/mol. The summed E-state index contributed by atoms with van der Waals surface area (Å²) in [6.45, 7) is 9.60. The molecule has 0 aliphatic heterocycles. The molecule has 0 saturated heterocycles. The van der Waals surface area contributed by atoms with Gasteiger partial charge in [-0.05, 0) is 39.7 Å². The van der Waals surface area contributed by atoms with Gasteiger partial charge in [-0.25, -0.2) is 4.79 Å². The second-order valence-electron chi connectivity index (χ2n) is 7.45. The summed E-state index contributed by atoms with van der Waals surface area (Å²) in [5, 5.41) is 17.1. The first kappa shape index (κ1) is 24.0. The van der Waals surface area contributed by atoms with Crippen molar-refractivity contribution in [1.82, 2.24) is 5.32 Å². The number of carbonyl (C=O) groups excluding carboxylic acids is 2. The molecule has 0 fully saturated rings. The minimum Gasteiger partial charge on any atom is -0.486 e. The SMILES string of the molecule is CCCNc1c(OC(CC)CNC(=O)OC(C)(C)C)cc(C(N)=O)cc1[N+](=O)[O-]. The van der Waals surface area contributed by atoms with Gasteiger partial charge in [-0.1, -0.05) is 13.8 Å². The number of ether oxygens (including phenoxy) is 2. The molecule has 1 unspecified atom stereocenters. The number of nitrogens with two attached hydrogens (primary N) is 1. The van der Waals surface area contributed by atoms with Gasteiger partial charge in [-0.3, -0.25) is 14.9 Å². The highest BCUT2D eigenvalue weighted by Crippen LogP contribution is 2.37. The highest BCUT2D eigenvalue weighted by Gasteiger charge is 2.24. The number of hydrogen-bond acceptors (Lipinski definition) is 7. The van der Waals surface area contributed by atoms with Crippen LogP contribution in [0, 0.1) is 10.1 Å². The van der Waals surface area contributed by atoms with Gasteiger partial charge in [0, 0.05) is 18.2 Å². The third-order valence-electron chi connectivity index (χ3n) is 3.74. The van der Waals surface area contributed by atoms with Crippen molar-refractivity contribution >= 4 is 23.4 Å². The predicted molar refractivity (Wildman–Crippen MR) is 109 cm³/mol. The monoisotopic (exact) mass is 410 g/mol. The largest absolute Gasteiger partial charge is 0.486 e. The Bertz CT molecular complexity index is 745. The number of primary amides is 1. The molecular weight excluding hydrogens is 380 g/mol. The van der Waals surface area contributed by atoms with Crippen molar-refractivity contribution in [1.29, 1.82) is 0 Å². The van der Waals surface area contributed by atoms with Gasteiger partial charge < -0.3 is 25.8 Å². The maximum Gasteiger partial charge on any atom is 0.407 e. The first-order chi connectivity index (χ1) is 13.5. The van der Waals surface area contributed by atoms with Crippen molar-refractivity contribution in [3.05, 3.63) is 27.8 Å². The lowest BCUT2D eigenvalue weighted by Gasteiger charge is -2.23. The lowest BCUT2D eigenvalue weighted by molar-refractivity contribution is -0.384. The van der Waals surface area contributed by atoms with Crippen LogP contribution < -0.4 is 21.1 Å². The van der Waals surface area contributed by atoms with Crippen LogP contribution in [0.2, 0.25) is 0 Å². The molecule has 1 aromatic rings. The molecule has 4 N–H and O–H groups in total. The van der Waals surface area contributed by atoms with Gasteiger partial charge in [-0.15, -0.1) is 0 Å². The zero-order chi connectivity index (χ0) is 22.2. The van der Waals surface area contributed by atoms with Crippen molar-refractivity contribution in [3.8, 4) is 5.75 Å². The molecule has 0 heterocycles. The highest BCUT2D eigenvalue weighted by atomic mass is 16.6. The highest BCUT2D eigenvalue weighted by molar-refractivity contribution is 5.95. The van der Waals surface area contributed by atoms with Crippen LogP contribution in [0.1, 0.15) is 57.8 Å². The molecule has 0 spiro atoms. The van der Waals surface area contributed by atoms with E-state index in [0.717, 1.165) is 12.5 Å². The van der Waals surface area contributed by atoms with Crippen molar-refractivity contribution < 1.29 is 24.0 Å². The van der Waals surface area contributed by atoms with Gasteiger partial charge in [0.25, 0.3) is 5.69 Å². The third-order valence-corrected chi connectivity index (χ3v) is 3.74. The number of anilines is 1. The first-order valence-electron chi connectivity index (χ1n) is 9.48. The van der Waals surface area contributed by atoms with Crippen LogP contribution in [0.3, 0.4) is 0 Å². The van der Waals surface area contributed by atoms with E-state index in [1.54, 1.807) is 20.8 Å². The van der Waals surface area contributed by atoms with Crippen molar-refractivity contribution in [2.75, 3.05) is 18.4 Å². The minimum atomic E-state index is -0.806. The molecule has 29 heavy (non-hydrogen) atoms. The van der Waals surface area contributed by atoms with Gasteiger partial charge in [0.05, 0.1) is 11.5 Å². The first-order valence-corrected chi connectivity index (χ1v) is 9.48. The molecule has 1 atom stereocenters. The Balaban J connectivity index is 3.12. The summed E-state index contributed by atoms with van der Waals surface area (Å²) in [5.74, 6) is -0.681. The second kappa shape index (κ2) is 10.5. The third kappa shape index (κ3) is 7.84. The number of carbonyl (C=O) groups is 2. The Morgan fingerprint density at radius 3 is 2.41 bits per heavy atom. The maximum absolute atomic E-state index is 11.9. The summed E-state index contributed by atoms with van der Waals surface area (Å²) in [4.78, 5) is 34.4. The summed E-state index contributed by atoms with van der Waals surface area (Å²) in [7, 11) is 0. The van der Waals surface area contributed by atoms with Crippen LogP contribution in [0.15, 0.2) is 12.1 Å². The molecule has 0 radical (unpaired) electrons. The lowest BCUT2D eigenvalue weighted by atomic mass is 10.1. The van der Waals surface area contributed by atoms with E-state index in [1.807, 2.05) is 13.8 Å². The van der Waals surface area contributed by atoms with Crippen LogP contribution in [0.4, 0.5) is 16.2 Å². The molecule has 1 aromatic carbocycles. The standard InChI is InChI=1S/C19H30N4O6/c1-6-8-21-16-14(23(26)27)9-12(17(20)24)10-15(16)28-13(7-2)11-22-18(25)29-19(3,4)5/h9-10,13,21H,6-8,11H2,1-5H3,(H2,20,24)(H,22,25). The van der Waals surface area contributed by atoms with E-state index in [4.69, 9.17) is 15.2 Å². The predicted octanol–water partition coefficient (Wildman–Crippen LogP) is 3.20. The molecule has 2 amide bonds. The van der Waals surface area contributed by atoms with Gasteiger partial charge in [0.1, 0.15) is 11.7 Å². The molecule has 0 aromatic heterocycles. The van der Waals surface area contributed by atoms with Crippen molar-refractivity contribution in [2.45, 2.75) is 59.2 Å². The normalized spacial score (nSPS) is 12.0. The molecule has 10 heteroatoms. The maximum atomic E-state index is 11.9.